The van der Waals surface area contributed by atoms with Crippen molar-refractivity contribution in [2.24, 2.45) is 0 Å². The molecule has 0 aromatic heterocycles. The summed E-state index contributed by atoms with van der Waals surface area (Å²) in [7, 11) is 0. The van der Waals surface area contributed by atoms with Gasteiger partial charge in [-0.15, -0.1) is 0 Å². The van der Waals surface area contributed by atoms with E-state index in [2.05, 4.69) is 19.2 Å². The van der Waals surface area contributed by atoms with E-state index in [0.29, 0.717) is 5.54 Å². The van der Waals surface area contributed by atoms with Crippen molar-refractivity contribution in [1.82, 2.24) is 5.32 Å². The monoisotopic (exact) mass is 171 g/mol. The van der Waals surface area contributed by atoms with Crippen LogP contribution in [0.3, 0.4) is 0 Å². The van der Waals surface area contributed by atoms with Crippen molar-refractivity contribution < 1.29 is 0 Å². The van der Waals surface area contributed by atoms with Crippen LogP contribution in [-0.2, 0) is 0 Å². The largest absolute Gasteiger partial charge is 0.311 e. The lowest BCUT2D eigenvalue weighted by molar-refractivity contribution is 0.180. The van der Waals surface area contributed by atoms with Gasteiger partial charge in [-0.25, -0.2) is 0 Å². The van der Waals surface area contributed by atoms with Gasteiger partial charge < -0.3 is 5.32 Å². The maximum Gasteiger partial charge on any atom is 0.0191 e. The third kappa shape index (κ3) is 3.14. The molecule has 0 aromatic carbocycles. The van der Waals surface area contributed by atoms with Gasteiger partial charge in [-0.1, -0.05) is 40.5 Å². The first-order valence-electron chi connectivity index (χ1n) is 5.58. The molecule has 1 aliphatic rings. The Bertz CT molecular complexity index is 89.7. The van der Waals surface area contributed by atoms with E-state index in [1.54, 1.807) is 0 Å². The SMILES string of the molecule is CC.CCCCC1(CC)CCN1. The Kier molecular flexibility index (Phi) is 6.45. The lowest BCUT2D eigenvalue weighted by Crippen LogP contribution is -2.56. The summed E-state index contributed by atoms with van der Waals surface area (Å²) in [5, 5.41) is 3.54. The molecule has 0 saturated carbocycles. The van der Waals surface area contributed by atoms with Gasteiger partial charge >= 0.3 is 0 Å². The van der Waals surface area contributed by atoms with E-state index in [1.165, 1.54) is 38.6 Å². The van der Waals surface area contributed by atoms with Crippen molar-refractivity contribution in [2.75, 3.05) is 6.54 Å². The summed E-state index contributed by atoms with van der Waals surface area (Å²) >= 11 is 0. The lowest BCUT2D eigenvalue weighted by Gasteiger charge is -2.43. The summed E-state index contributed by atoms with van der Waals surface area (Å²) < 4.78 is 0. The highest BCUT2D eigenvalue weighted by Gasteiger charge is 2.32. The minimum absolute atomic E-state index is 0.565. The Morgan fingerprint density at radius 3 is 2.08 bits per heavy atom. The van der Waals surface area contributed by atoms with Crippen molar-refractivity contribution in [3.05, 3.63) is 0 Å². The van der Waals surface area contributed by atoms with Gasteiger partial charge in [0.05, 0.1) is 0 Å². The molecule has 1 heterocycles. The van der Waals surface area contributed by atoms with Gasteiger partial charge in [0.1, 0.15) is 0 Å². The van der Waals surface area contributed by atoms with E-state index < -0.39 is 0 Å². The molecule has 12 heavy (non-hydrogen) atoms. The molecule has 1 unspecified atom stereocenters. The van der Waals surface area contributed by atoms with E-state index in [9.17, 15) is 0 Å². The highest BCUT2D eigenvalue weighted by molar-refractivity contribution is 4.94. The highest BCUT2D eigenvalue weighted by atomic mass is 15.0. The van der Waals surface area contributed by atoms with Gasteiger partial charge in [-0.05, 0) is 25.8 Å². The quantitative estimate of drug-likeness (QED) is 0.684. The van der Waals surface area contributed by atoms with Crippen molar-refractivity contribution in [3.8, 4) is 0 Å². The fourth-order valence-corrected chi connectivity index (χ4v) is 1.69. The molecule has 0 bridgehead atoms. The second-order valence-electron chi connectivity index (χ2n) is 3.41. The number of nitrogens with one attached hydrogen (secondary N) is 1. The molecule has 0 amide bonds. The highest BCUT2D eigenvalue weighted by Crippen LogP contribution is 2.28. The van der Waals surface area contributed by atoms with Gasteiger partial charge in [-0.3, -0.25) is 0 Å². The summed E-state index contributed by atoms with van der Waals surface area (Å²) in [4.78, 5) is 0. The van der Waals surface area contributed by atoms with Crippen LogP contribution in [0.2, 0.25) is 0 Å². The van der Waals surface area contributed by atoms with E-state index in [0.717, 1.165) is 0 Å². The third-order valence-corrected chi connectivity index (χ3v) is 2.79. The molecule has 1 aliphatic heterocycles. The fourth-order valence-electron chi connectivity index (χ4n) is 1.69. The van der Waals surface area contributed by atoms with Crippen molar-refractivity contribution >= 4 is 0 Å². The van der Waals surface area contributed by atoms with Crippen LogP contribution in [0, 0.1) is 0 Å². The molecule has 1 N–H and O–H groups in total. The summed E-state index contributed by atoms with van der Waals surface area (Å²) in [6.07, 6.45) is 6.83. The number of hydrogen-bond acceptors (Lipinski definition) is 1. The maximum atomic E-state index is 3.54. The maximum absolute atomic E-state index is 3.54. The summed E-state index contributed by atoms with van der Waals surface area (Å²) in [5.74, 6) is 0. The minimum Gasteiger partial charge on any atom is -0.311 e. The van der Waals surface area contributed by atoms with Gasteiger partial charge in [0.15, 0.2) is 0 Å². The molecule has 0 radical (unpaired) electrons. The van der Waals surface area contributed by atoms with E-state index in [4.69, 9.17) is 0 Å². The Morgan fingerprint density at radius 1 is 1.25 bits per heavy atom. The van der Waals surface area contributed by atoms with E-state index in [1.807, 2.05) is 13.8 Å². The molecule has 1 fully saturated rings. The Balaban J connectivity index is 0.000000561. The lowest BCUT2D eigenvalue weighted by atomic mass is 9.81. The predicted molar refractivity (Wildman–Crippen MR) is 56.5 cm³/mol. The standard InChI is InChI=1S/C9H19N.C2H6/c1-3-5-6-9(4-2)7-8-10-9;1-2/h10H,3-8H2,1-2H3;1-2H3. The molecule has 0 aliphatic carbocycles. The first-order valence-corrected chi connectivity index (χ1v) is 5.58. The molecule has 74 valence electrons. The first kappa shape index (κ1) is 12.0. The van der Waals surface area contributed by atoms with Crippen LogP contribution in [0.25, 0.3) is 0 Å². The van der Waals surface area contributed by atoms with Crippen LogP contribution in [0.4, 0.5) is 0 Å². The fraction of sp³-hybridized carbons (Fsp3) is 1.00. The topological polar surface area (TPSA) is 12.0 Å². The summed E-state index contributed by atoms with van der Waals surface area (Å²) in [6, 6.07) is 0. The van der Waals surface area contributed by atoms with Crippen LogP contribution < -0.4 is 5.32 Å². The smallest absolute Gasteiger partial charge is 0.0191 e. The van der Waals surface area contributed by atoms with Crippen LogP contribution in [-0.4, -0.2) is 12.1 Å². The molecular formula is C11H25N. The average Bonchev–Trinajstić information content (AvgIpc) is 2.08. The Labute approximate surface area is 77.9 Å². The summed E-state index contributed by atoms with van der Waals surface area (Å²) in [6.45, 7) is 9.81. The second kappa shape index (κ2) is 6.47. The average molecular weight is 171 g/mol. The molecule has 1 heteroatoms. The Hall–Kier alpha value is -0.0400. The Morgan fingerprint density at radius 2 is 1.83 bits per heavy atom. The normalized spacial score (nSPS) is 27.0. The molecule has 1 nitrogen and oxygen atoms in total. The number of rotatable bonds is 4. The second-order valence-corrected chi connectivity index (χ2v) is 3.41. The third-order valence-electron chi connectivity index (χ3n) is 2.79. The van der Waals surface area contributed by atoms with Crippen LogP contribution in [0.15, 0.2) is 0 Å². The predicted octanol–water partition coefficient (Wildman–Crippen LogP) is 3.34. The molecular weight excluding hydrogens is 146 g/mol. The number of unbranched alkanes of at least 4 members (excludes halogenated alkanes) is 1. The molecule has 1 atom stereocenters. The van der Waals surface area contributed by atoms with Crippen LogP contribution in [0.5, 0.6) is 0 Å². The van der Waals surface area contributed by atoms with Crippen molar-refractivity contribution in [3.63, 3.8) is 0 Å². The summed E-state index contributed by atoms with van der Waals surface area (Å²) in [5.41, 5.74) is 0.565. The van der Waals surface area contributed by atoms with Crippen LogP contribution >= 0.6 is 0 Å². The zero-order chi connectivity index (χ0) is 9.45. The molecule has 0 spiro atoms. The van der Waals surface area contributed by atoms with E-state index in [-0.39, 0.29) is 0 Å². The molecule has 0 aromatic rings. The number of hydrogen-bond donors (Lipinski definition) is 1. The van der Waals surface area contributed by atoms with Crippen molar-refractivity contribution in [2.45, 2.75) is 65.3 Å². The molecule has 1 saturated heterocycles. The van der Waals surface area contributed by atoms with Gasteiger partial charge in [0.2, 0.25) is 0 Å². The first-order chi connectivity index (χ1) is 5.83. The van der Waals surface area contributed by atoms with Crippen LogP contribution in [0.1, 0.15) is 59.8 Å². The molecule has 1 rings (SSSR count). The van der Waals surface area contributed by atoms with Crippen molar-refractivity contribution in [1.29, 1.82) is 0 Å². The zero-order valence-electron chi connectivity index (χ0n) is 9.24. The van der Waals surface area contributed by atoms with Gasteiger partial charge in [0.25, 0.3) is 0 Å². The minimum atomic E-state index is 0.565. The zero-order valence-corrected chi connectivity index (χ0v) is 9.24. The van der Waals surface area contributed by atoms with Gasteiger partial charge in [0, 0.05) is 5.54 Å². The van der Waals surface area contributed by atoms with Gasteiger partial charge in [-0.2, -0.15) is 0 Å². The van der Waals surface area contributed by atoms with E-state index >= 15 is 0 Å².